The van der Waals surface area contributed by atoms with E-state index >= 15 is 0 Å². The molecule has 57 heavy (non-hydrogen) atoms. The van der Waals surface area contributed by atoms with Crippen molar-refractivity contribution in [3.05, 3.63) is 148 Å². The lowest BCUT2D eigenvalue weighted by Crippen LogP contribution is -2.08. The summed E-state index contributed by atoms with van der Waals surface area (Å²) in [6.45, 7) is 2.31. The Morgan fingerprint density at radius 3 is 1.58 bits per heavy atom. The molecule has 0 aliphatic heterocycles. The van der Waals surface area contributed by atoms with Gasteiger partial charge in [-0.05, 0) is 110 Å². The molecule has 2 N–H and O–H groups in total. The van der Waals surface area contributed by atoms with Crippen molar-refractivity contribution >= 4 is 51.6 Å². The largest absolute Gasteiger partial charge is 0.296 e. The maximum Gasteiger partial charge on any atom is 0.296 e. The molecule has 5 aromatic carbocycles. The Kier molecular flexibility index (Phi) is 13.7. The van der Waals surface area contributed by atoms with Crippen molar-refractivity contribution in [2.24, 2.45) is 5.11 Å². The third-order valence-electron chi connectivity index (χ3n) is 8.76. The van der Waals surface area contributed by atoms with Crippen LogP contribution in [-0.2, 0) is 46.8 Å². The molecule has 0 atom stereocenters. The molecule has 296 valence electrons. The van der Waals surface area contributed by atoms with Crippen LogP contribution in [0, 0.1) is 6.92 Å². The maximum absolute atomic E-state index is 13.0. The number of fused-ring (bicyclic) bond motifs is 2. The molecule has 0 saturated heterocycles. The van der Waals surface area contributed by atoms with E-state index in [1.807, 2.05) is 25.1 Å². The van der Waals surface area contributed by atoms with E-state index in [1.165, 1.54) is 24.3 Å². The predicted molar refractivity (Wildman–Crippen MR) is 218 cm³/mol. The second-order valence-corrected chi connectivity index (χ2v) is 18.1. The predicted octanol–water partition coefficient (Wildman–Crippen LogP) is 8.32. The van der Waals surface area contributed by atoms with Crippen LogP contribution in [0.1, 0.15) is 37.0 Å². The number of azide groups is 1. The number of hydrogen-bond acceptors (Lipinski definition) is 10. The van der Waals surface area contributed by atoms with E-state index in [-0.39, 0.29) is 38.8 Å². The first kappa shape index (κ1) is 42.3. The molecule has 7 rings (SSSR count). The molecule has 0 amide bonds. The van der Waals surface area contributed by atoms with Gasteiger partial charge in [0.25, 0.3) is 10.1 Å². The summed E-state index contributed by atoms with van der Waals surface area (Å²) in [6, 6.07) is 33.8. The summed E-state index contributed by atoms with van der Waals surface area (Å²) in [5, 5.41) is 18.2. The minimum Gasteiger partial charge on any atom is -0.266 e. The zero-order valence-corrected chi connectivity index (χ0v) is 32.6. The smallest absolute Gasteiger partial charge is 0.266 e. The first-order valence-corrected chi connectivity index (χ1v) is 21.8. The van der Waals surface area contributed by atoms with Crippen LogP contribution in [0.5, 0.6) is 0 Å². The number of aromatic nitrogens is 4. The van der Waals surface area contributed by atoms with Crippen LogP contribution in [0.4, 0.5) is 0 Å². The van der Waals surface area contributed by atoms with Crippen LogP contribution in [-0.4, -0.2) is 58.8 Å². The molecule has 0 saturated carbocycles. The van der Waals surface area contributed by atoms with Gasteiger partial charge in [-0.25, -0.2) is 16.8 Å². The number of hydrogen-bond donors (Lipinski definition) is 2. The average molecular weight is 828 g/mol. The number of sulfone groups is 2. The zero-order chi connectivity index (χ0) is 39.8. The molecule has 2 aromatic heterocycles. The minimum absolute atomic E-state index is 0. The van der Waals surface area contributed by atoms with Crippen LogP contribution >= 0.6 is 0 Å². The van der Waals surface area contributed by atoms with Gasteiger partial charge in [-0.1, -0.05) is 78.8 Å². The number of aryl methyl sites for hydroxylation is 3. The van der Waals surface area contributed by atoms with Gasteiger partial charge in [-0.15, -0.1) is 0 Å². The molecule has 7 aromatic rings. The Morgan fingerprint density at radius 2 is 1.11 bits per heavy atom. The first-order valence-electron chi connectivity index (χ1n) is 17.4. The third-order valence-corrected chi connectivity index (χ3v) is 13.6. The quantitative estimate of drug-likeness (QED) is 0.0354. The third kappa shape index (κ3) is 9.94. The number of rotatable bonds is 14. The van der Waals surface area contributed by atoms with Gasteiger partial charge < -0.3 is 0 Å². The fourth-order valence-corrected chi connectivity index (χ4v) is 9.52. The number of nitrogens with zero attached hydrogens (tertiary/aromatic N) is 5. The van der Waals surface area contributed by atoms with Gasteiger partial charge in [0.2, 0.25) is 19.7 Å². The Balaban J connectivity index is 0.000000222. The SMILES string of the molecule is C.Cc1ccc(S(=O)(=O)OCCCc2ccc3n[nH]c(S(=O)(=O)c4ccccc4)c3c2)cc1.[N-]=[N+]=NCCCc1ccc2n[nH]c(S(=O)(=O)c3ccccc3)c2c1. The topological polar surface area (TPSA) is 218 Å². The number of aromatic amines is 2. The normalized spacial score (nSPS) is 11.7. The monoisotopic (exact) mass is 827 g/mol. The van der Waals surface area contributed by atoms with Crippen molar-refractivity contribution in [2.75, 3.05) is 13.2 Å². The van der Waals surface area contributed by atoms with Crippen molar-refractivity contribution in [1.29, 1.82) is 0 Å². The highest BCUT2D eigenvalue weighted by Gasteiger charge is 2.24. The summed E-state index contributed by atoms with van der Waals surface area (Å²) in [7, 11) is -11.2. The Labute approximate surface area is 331 Å². The fourth-order valence-electron chi connectivity index (χ4n) is 5.84. The van der Waals surface area contributed by atoms with Crippen LogP contribution in [0.15, 0.2) is 151 Å². The molecule has 0 unspecified atom stereocenters. The summed E-state index contributed by atoms with van der Waals surface area (Å²) < 4.78 is 81.3. The van der Waals surface area contributed by atoms with Gasteiger partial charge in [0.15, 0.2) is 10.1 Å². The van der Waals surface area contributed by atoms with Crippen molar-refractivity contribution in [1.82, 2.24) is 20.4 Å². The summed E-state index contributed by atoms with van der Waals surface area (Å²) in [5.41, 5.74) is 12.2. The summed E-state index contributed by atoms with van der Waals surface area (Å²) >= 11 is 0. The molecule has 0 spiro atoms. The van der Waals surface area contributed by atoms with E-state index in [2.05, 4.69) is 30.4 Å². The second-order valence-electron chi connectivity index (χ2n) is 12.7. The maximum atomic E-state index is 13.0. The molecular weight excluding hydrogens is 787 g/mol. The van der Waals surface area contributed by atoms with E-state index in [9.17, 15) is 25.3 Å². The van der Waals surface area contributed by atoms with Crippen LogP contribution in [0.3, 0.4) is 0 Å². The highest BCUT2D eigenvalue weighted by atomic mass is 32.2. The highest BCUT2D eigenvalue weighted by molar-refractivity contribution is 7.92. The summed E-state index contributed by atoms with van der Waals surface area (Å²) in [6.07, 6.45) is 2.38. The molecule has 0 aliphatic rings. The summed E-state index contributed by atoms with van der Waals surface area (Å²) in [5.74, 6) is 0. The minimum atomic E-state index is -3.81. The zero-order valence-electron chi connectivity index (χ0n) is 30.1. The van der Waals surface area contributed by atoms with Gasteiger partial charge >= 0.3 is 0 Å². The van der Waals surface area contributed by atoms with E-state index in [0.717, 1.165) is 16.7 Å². The highest BCUT2D eigenvalue weighted by Crippen LogP contribution is 2.29. The van der Waals surface area contributed by atoms with Gasteiger partial charge in [0.1, 0.15) is 0 Å². The van der Waals surface area contributed by atoms with E-state index in [4.69, 9.17) is 9.71 Å². The molecule has 0 fully saturated rings. The molecule has 2 heterocycles. The molecule has 0 bridgehead atoms. The van der Waals surface area contributed by atoms with Gasteiger partial charge in [-0.2, -0.15) is 18.6 Å². The lowest BCUT2D eigenvalue weighted by Gasteiger charge is -2.07. The molecule has 0 radical (unpaired) electrons. The van der Waals surface area contributed by atoms with Crippen LogP contribution in [0.2, 0.25) is 0 Å². The van der Waals surface area contributed by atoms with Crippen molar-refractivity contribution in [3.63, 3.8) is 0 Å². The summed E-state index contributed by atoms with van der Waals surface area (Å²) in [4.78, 5) is 3.26. The Hall–Kier alpha value is -5.84. The Morgan fingerprint density at radius 1 is 0.632 bits per heavy atom. The van der Waals surface area contributed by atoms with E-state index in [0.29, 0.717) is 54.0 Å². The average Bonchev–Trinajstić information content (AvgIpc) is 3.84. The number of benzene rings is 5. The van der Waals surface area contributed by atoms with Crippen molar-refractivity contribution in [3.8, 4) is 0 Å². The lowest BCUT2D eigenvalue weighted by atomic mass is 10.1. The molecule has 17 heteroatoms. The number of nitrogens with one attached hydrogen (secondary N) is 2. The van der Waals surface area contributed by atoms with Gasteiger partial charge in [-0.3, -0.25) is 14.4 Å². The van der Waals surface area contributed by atoms with Crippen molar-refractivity contribution < 1.29 is 29.4 Å². The van der Waals surface area contributed by atoms with E-state index < -0.39 is 29.8 Å². The van der Waals surface area contributed by atoms with Crippen molar-refractivity contribution in [2.45, 2.75) is 64.8 Å². The number of H-pyrrole nitrogens is 2. The standard InChI is InChI=1S/C23H22N2O5S2.C16H15N5O2S.CH4/c1-17-9-12-20(13-10-17)32(28,29)30-15-5-6-18-11-14-22-21(16-18)23(25-24-22)31(26,27)19-7-3-2-4-8-19;17-21-18-10-4-5-12-8-9-15-14(11-12)16(20-19-15)24(22,23)13-6-2-1-3-7-13;/h2-4,7-14,16H,5-6,15H2,1H3,(H,24,25);1-3,6-9,11H,4-5,10H2,(H,19,20);1H4. The van der Waals surface area contributed by atoms with E-state index in [1.54, 1.807) is 78.9 Å². The van der Waals surface area contributed by atoms with Gasteiger partial charge in [0.05, 0.1) is 32.3 Å². The van der Waals surface area contributed by atoms with Crippen LogP contribution < -0.4 is 0 Å². The lowest BCUT2D eigenvalue weighted by molar-refractivity contribution is 0.312. The van der Waals surface area contributed by atoms with Crippen LogP contribution in [0.25, 0.3) is 32.2 Å². The fraction of sp³-hybridized carbons (Fsp3) is 0.200. The Bertz CT molecular complexity index is 2840. The molecular formula is C40H41N7O7S3. The molecule has 0 aliphatic carbocycles. The molecule has 14 nitrogen and oxygen atoms in total. The van der Waals surface area contributed by atoms with Gasteiger partial charge in [0, 0.05) is 22.2 Å². The second kappa shape index (κ2) is 18.4. The first-order chi connectivity index (χ1) is 26.9.